The molecule has 4 atom stereocenters. The van der Waals surface area contributed by atoms with E-state index in [0.717, 1.165) is 48.3 Å². The fraction of sp³-hybridized carbons (Fsp3) is 0.586. The highest BCUT2D eigenvalue weighted by Gasteiger charge is 2.56. The molecule has 0 fully saturated rings. The van der Waals surface area contributed by atoms with Gasteiger partial charge < -0.3 is 10.2 Å². The predicted octanol–water partition coefficient (Wildman–Crippen LogP) is 7.67. The largest absolute Gasteiger partial charge is 0.508 e. The van der Waals surface area contributed by atoms with Crippen molar-refractivity contribution >= 4 is 33.4 Å². The predicted molar refractivity (Wildman–Crippen MR) is 156 cm³/mol. The second-order valence-electron chi connectivity index (χ2n) is 10.7. The van der Waals surface area contributed by atoms with Crippen LogP contribution >= 0.6 is 11.8 Å². The highest BCUT2D eigenvalue weighted by atomic mass is 32.2. The van der Waals surface area contributed by atoms with Gasteiger partial charge in [-0.2, -0.15) is 22.0 Å². The average Bonchev–Trinajstić information content (AvgIpc) is 2.90. The van der Waals surface area contributed by atoms with Crippen molar-refractivity contribution in [1.29, 1.82) is 0 Å². The van der Waals surface area contributed by atoms with Crippen LogP contribution in [0.1, 0.15) is 68.9 Å². The molecule has 0 aliphatic carbocycles. The number of unbranched alkanes of at least 4 members (excludes halogenated alkanes) is 3. The standard InChI is InChI=1S/C29H37F5O4S3/c1-27(21-8-10-22(35)11-9-21)20-39-26-19-23(36)12-13-24(26)25(27)7-4-2-3-5-15-40(37)17-18-41(38)16-6-14-28(30,31)29(32,33)34/h8-13,19,25,35-36H,2-7,14-18,20H2,1H3. The first-order valence-corrected chi connectivity index (χ1v) is 17.6. The summed E-state index contributed by atoms with van der Waals surface area (Å²) in [5.74, 6) is -2.96. The number of aromatic hydroxyl groups is 2. The number of halogens is 5. The Balaban J connectivity index is 1.42. The Morgan fingerprint density at radius 3 is 2.05 bits per heavy atom. The number of hydrogen-bond donors (Lipinski definition) is 2. The first kappa shape index (κ1) is 33.8. The third-order valence-electron chi connectivity index (χ3n) is 7.63. The zero-order chi connectivity index (χ0) is 30.3. The summed E-state index contributed by atoms with van der Waals surface area (Å²) in [5.41, 5.74) is 2.18. The van der Waals surface area contributed by atoms with Crippen LogP contribution in [0.5, 0.6) is 11.5 Å². The molecule has 0 saturated carbocycles. The Morgan fingerprint density at radius 1 is 0.829 bits per heavy atom. The molecule has 1 aliphatic heterocycles. The first-order chi connectivity index (χ1) is 19.2. The molecule has 2 N–H and O–H groups in total. The van der Waals surface area contributed by atoms with Gasteiger partial charge in [-0.1, -0.05) is 44.4 Å². The minimum absolute atomic E-state index is 0.0225. The molecule has 0 radical (unpaired) electrons. The van der Waals surface area contributed by atoms with Gasteiger partial charge in [-0.25, -0.2) is 0 Å². The van der Waals surface area contributed by atoms with E-state index in [2.05, 4.69) is 6.92 Å². The topological polar surface area (TPSA) is 74.6 Å². The molecule has 0 bridgehead atoms. The summed E-state index contributed by atoms with van der Waals surface area (Å²) in [6.45, 7) is 2.24. The van der Waals surface area contributed by atoms with E-state index in [1.54, 1.807) is 30.0 Å². The molecule has 2 aromatic carbocycles. The fourth-order valence-corrected chi connectivity index (χ4v) is 9.45. The summed E-state index contributed by atoms with van der Waals surface area (Å²) in [6, 6.07) is 12.9. The third kappa shape index (κ3) is 9.41. The minimum atomic E-state index is -5.60. The smallest absolute Gasteiger partial charge is 0.453 e. The van der Waals surface area contributed by atoms with Gasteiger partial charge in [-0.3, -0.25) is 8.42 Å². The second kappa shape index (κ2) is 14.7. The Hall–Kier alpha value is -1.66. The molecule has 0 spiro atoms. The molecule has 3 rings (SSSR count). The van der Waals surface area contributed by atoms with Crippen LogP contribution in [0.15, 0.2) is 47.4 Å². The summed E-state index contributed by atoms with van der Waals surface area (Å²) in [6.07, 6.45) is -3.13. The second-order valence-corrected chi connectivity index (χ2v) is 15.1. The van der Waals surface area contributed by atoms with Crippen molar-refractivity contribution in [2.75, 3.05) is 28.8 Å². The summed E-state index contributed by atoms with van der Waals surface area (Å²) in [4.78, 5) is 1.08. The van der Waals surface area contributed by atoms with E-state index >= 15 is 0 Å². The van der Waals surface area contributed by atoms with Crippen LogP contribution in [0.2, 0.25) is 0 Å². The molecule has 1 heterocycles. The van der Waals surface area contributed by atoms with Crippen LogP contribution in [0.3, 0.4) is 0 Å². The normalized spacial score (nSPS) is 20.9. The molecule has 0 saturated heterocycles. The fourth-order valence-electron chi connectivity index (χ4n) is 5.16. The number of benzene rings is 2. The van der Waals surface area contributed by atoms with Gasteiger partial charge in [0.15, 0.2) is 0 Å². The Bertz CT molecular complexity index is 1190. The first-order valence-electron chi connectivity index (χ1n) is 13.6. The number of fused-ring (bicyclic) bond motifs is 1. The van der Waals surface area contributed by atoms with Gasteiger partial charge in [0, 0.05) is 67.1 Å². The molecule has 0 aromatic heterocycles. The molecule has 12 heteroatoms. The lowest BCUT2D eigenvalue weighted by Gasteiger charge is -2.43. The van der Waals surface area contributed by atoms with Crippen LogP contribution < -0.4 is 0 Å². The summed E-state index contributed by atoms with van der Waals surface area (Å²) in [7, 11) is -2.81. The van der Waals surface area contributed by atoms with Crippen LogP contribution in [-0.2, 0) is 27.0 Å². The zero-order valence-electron chi connectivity index (χ0n) is 22.9. The van der Waals surface area contributed by atoms with E-state index in [9.17, 15) is 40.6 Å². The molecule has 4 nitrogen and oxygen atoms in total. The quantitative estimate of drug-likeness (QED) is 0.154. The highest BCUT2D eigenvalue weighted by molar-refractivity contribution is 7.99. The Labute approximate surface area is 247 Å². The highest BCUT2D eigenvalue weighted by Crippen LogP contribution is 2.52. The molecule has 230 valence electrons. The SMILES string of the molecule is CC1(c2ccc(O)cc2)CSc2cc(O)ccc2C1CCCCCCS(=O)CCS(=O)CCCC(F)(F)C(F)(F)F. The zero-order valence-corrected chi connectivity index (χ0v) is 25.4. The van der Waals surface area contributed by atoms with Crippen LogP contribution in [0.25, 0.3) is 0 Å². The molecule has 2 aromatic rings. The van der Waals surface area contributed by atoms with Crippen LogP contribution in [0.4, 0.5) is 22.0 Å². The van der Waals surface area contributed by atoms with Crippen LogP contribution in [-0.4, -0.2) is 59.5 Å². The minimum Gasteiger partial charge on any atom is -0.508 e. The van der Waals surface area contributed by atoms with Crippen LogP contribution in [0, 0.1) is 0 Å². The lowest BCUT2D eigenvalue weighted by Crippen LogP contribution is -2.36. The van der Waals surface area contributed by atoms with Gasteiger partial charge in [0.05, 0.1) is 0 Å². The monoisotopic (exact) mass is 640 g/mol. The van der Waals surface area contributed by atoms with Crippen molar-refractivity contribution in [2.24, 2.45) is 0 Å². The maximum Gasteiger partial charge on any atom is 0.453 e. The number of thioether (sulfide) groups is 1. The lowest BCUT2D eigenvalue weighted by molar-refractivity contribution is -0.284. The Kier molecular flexibility index (Phi) is 12.1. The van der Waals surface area contributed by atoms with E-state index in [1.165, 1.54) is 5.56 Å². The van der Waals surface area contributed by atoms with Crippen molar-refractivity contribution in [1.82, 2.24) is 0 Å². The third-order valence-corrected chi connectivity index (χ3v) is 12.1. The van der Waals surface area contributed by atoms with E-state index < -0.39 is 46.5 Å². The molecular formula is C29H37F5O4S3. The Morgan fingerprint density at radius 2 is 1.41 bits per heavy atom. The van der Waals surface area contributed by atoms with Gasteiger partial charge in [0.25, 0.3) is 0 Å². The van der Waals surface area contributed by atoms with Crippen molar-refractivity contribution in [3.05, 3.63) is 53.6 Å². The average molecular weight is 641 g/mol. The molecule has 1 aliphatic rings. The maximum atomic E-state index is 12.9. The number of phenolic OH excluding ortho intramolecular Hbond substituents is 2. The number of rotatable bonds is 15. The van der Waals surface area contributed by atoms with Gasteiger partial charge in [0.1, 0.15) is 11.5 Å². The maximum absolute atomic E-state index is 12.9. The van der Waals surface area contributed by atoms with Crippen molar-refractivity contribution in [2.45, 2.75) is 80.2 Å². The van der Waals surface area contributed by atoms with E-state index in [0.29, 0.717) is 5.75 Å². The van der Waals surface area contributed by atoms with E-state index in [1.807, 2.05) is 24.3 Å². The molecule has 0 amide bonds. The molecule has 4 unspecified atom stereocenters. The molecular weight excluding hydrogens is 604 g/mol. The van der Waals surface area contributed by atoms with E-state index in [4.69, 9.17) is 0 Å². The summed E-state index contributed by atoms with van der Waals surface area (Å²) in [5, 5.41) is 19.8. The number of alkyl halides is 5. The van der Waals surface area contributed by atoms with Gasteiger partial charge in [-0.05, 0) is 60.6 Å². The van der Waals surface area contributed by atoms with Gasteiger partial charge in [-0.15, -0.1) is 11.8 Å². The summed E-state index contributed by atoms with van der Waals surface area (Å²) >= 11 is 1.72. The van der Waals surface area contributed by atoms with E-state index in [-0.39, 0.29) is 40.1 Å². The van der Waals surface area contributed by atoms with Gasteiger partial charge >= 0.3 is 12.1 Å². The van der Waals surface area contributed by atoms with Gasteiger partial charge in [0.2, 0.25) is 0 Å². The summed E-state index contributed by atoms with van der Waals surface area (Å²) < 4.78 is 86.8. The van der Waals surface area contributed by atoms with Crippen molar-refractivity contribution < 1.29 is 40.6 Å². The number of hydrogen-bond acceptors (Lipinski definition) is 5. The van der Waals surface area contributed by atoms with Crippen molar-refractivity contribution in [3.63, 3.8) is 0 Å². The number of phenols is 2. The molecule has 41 heavy (non-hydrogen) atoms. The lowest BCUT2D eigenvalue weighted by atomic mass is 9.68. The van der Waals surface area contributed by atoms with Crippen molar-refractivity contribution in [3.8, 4) is 11.5 Å².